The van der Waals surface area contributed by atoms with Gasteiger partial charge in [0.1, 0.15) is 0 Å². The third-order valence-corrected chi connectivity index (χ3v) is 5.23. The van der Waals surface area contributed by atoms with Crippen molar-refractivity contribution in [3.8, 4) is 0 Å². The van der Waals surface area contributed by atoms with Gasteiger partial charge in [-0.05, 0) is 46.9 Å². The van der Waals surface area contributed by atoms with E-state index in [0.29, 0.717) is 30.9 Å². The Morgan fingerprint density at radius 1 is 0.846 bits per heavy atom. The fraction of sp³-hybridized carbons (Fsp3) is 0.435. The molecular formula is C23H33N3. The molecule has 0 aliphatic rings. The number of hydrogen-bond donors (Lipinski definition) is 2. The van der Waals surface area contributed by atoms with Gasteiger partial charge in [0.05, 0.1) is 6.54 Å². The minimum atomic E-state index is 0.488. The molecular weight excluding hydrogens is 318 g/mol. The van der Waals surface area contributed by atoms with Crippen molar-refractivity contribution >= 4 is 5.96 Å². The summed E-state index contributed by atoms with van der Waals surface area (Å²) >= 11 is 0. The molecule has 2 aromatic rings. The molecule has 2 aromatic carbocycles. The number of nitrogens with zero attached hydrogens (tertiary/aromatic N) is 1. The standard InChI is InChI=1S/C23H33N3/c1-5-17(3)21-11-7-19(8-12-21)15-25-23(24)26-16-20-9-13-22(14-10-20)18(4)6-2/h7-14,17-18H,5-6,15-16H2,1-4H3,(H3,24,25,26). The second-order valence-corrected chi connectivity index (χ2v) is 7.16. The van der Waals surface area contributed by atoms with E-state index in [-0.39, 0.29) is 0 Å². The molecule has 0 saturated heterocycles. The van der Waals surface area contributed by atoms with Gasteiger partial charge < -0.3 is 11.1 Å². The predicted octanol–water partition coefficient (Wildman–Crippen LogP) is 5.32. The van der Waals surface area contributed by atoms with Gasteiger partial charge in [0.15, 0.2) is 5.96 Å². The van der Waals surface area contributed by atoms with Gasteiger partial charge in [0.2, 0.25) is 0 Å². The quantitative estimate of drug-likeness (QED) is 0.499. The van der Waals surface area contributed by atoms with Gasteiger partial charge in [-0.25, -0.2) is 4.99 Å². The molecule has 3 N–H and O–H groups in total. The lowest BCUT2D eigenvalue weighted by molar-refractivity contribution is 0.732. The Balaban J connectivity index is 1.84. The van der Waals surface area contributed by atoms with Crippen molar-refractivity contribution in [1.82, 2.24) is 5.32 Å². The lowest BCUT2D eigenvalue weighted by Crippen LogP contribution is -2.31. The Bertz CT molecular complexity index is 686. The summed E-state index contributed by atoms with van der Waals surface area (Å²) in [6, 6.07) is 17.4. The smallest absolute Gasteiger partial charge is 0.189 e. The molecule has 0 radical (unpaired) electrons. The van der Waals surface area contributed by atoms with Crippen LogP contribution in [0, 0.1) is 0 Å². The van der Waals surface area contributed by atoms with Crippen molar-refractivity contribution < 1.29 is 0 Å². The summed E-state index contributed by atoms with van der Waals surface area (Å²) < 4.78 is 0. The molecule has 0 aliphatic carbocycles. The van der Waals surface area contributed by atoms with Gasteiger partial charge in [0, 0.05) is 6.54 Å². The fourth-order valence-corrected chi connectivity index (χ4v) is 2.81. The molecule has 0 bridgehead atoms. The number of nitrogens with one attached hydrogen (secondary N) is 1. The zero-order valence-electron chi connectivity index (χ0n) is 16.6. The van der Waals surface area contributed by atoms with Crippen LogP contribution in [0.15, 0.2) is 53.5 Å². The molecule has 3 nitrogen and oxygen atoms in total. The van der Waals surface area contributed by atoms with E-state index in [1.54, 1.807) is 0 Å². The van der Waals surface area contributed by atoms with Crippen LogP contribution in [-0.4, -0.2) is 5.96 Å². The average Bonchev–Trinajstić information content (AvgIpc) is 2.70. The number of nitrogens with two attached hydrogens (primary N) is 1. The van der Waals surface area contributed by atoms with Gasteiger partial charge in [-0.3, -0.25) is 0 Å². The SMILES string of the molecule is CCC(C)c1ccc(CN=C(N)NCc2ccc(C(C)CC)cc2)cc1. The van der Waals surface area contributed by atoms with Crippen molar-refractivity contribution in [3.63, 3.8) is 0 Å². The molecule has 26 heavy (non-hydrogen) atoms. The fourth-order valence-electron chi connectivity index (χ4n) is 2.81. The molecule has 0 aromatic heterocycles. The summed E-state index contributed by atoms with van der Waals surface area (Å²) in [6.45, 7) is 10.2. The first-order valence-electron chi connectivity index (χ1n) is 9.74. The Kier molecular flexibility index (Phi) is 7.71. The Morgan fingerprint density at radius 2 is 1.31 bits per heavy atom. The van der Waals surface area contributed by atoms with Gasteiger partial charge in [0.25, 0.3) is 0 Å². The molecule has 140 valence electrons. The predicted molar refractivity (Wildman–Crippen MR) is 112 cm³/mol. The van der Waals surface area contributed by atoms with Crippen LogP contribution < -0.4 is 11.1 Å². The number of aliphatic imine (C=N–C) groups is 1. The van der Waals surface area contributed by atoms with Crippen molar-refractivity contribution in [1.29, 1.82) is 0 Å². The maximum atomic E-state index is 6.01. The highest BCUT2D eigenvalue weighted by molar-refractivity contribution is 5.77. The first-order chi connectivity index (χ1) is 12.5. The normalized spacial score (nSPS) is 14.1. The Morgan fingerprint density at radius 3 is 1.77 bits per heavy atom. The summed E-state index contributed by atoms with van der Waals surface area (Å²) in [5.41, 5.74) is 11.2. The maximum Gasteiger partial charge on any atom is 0.189 e. The number of hydrogen-bond acceptors (Lipinski definition) is 1. The molecule has 2 unspecified atom stereocenters. The number of benzene rings is 2. The molecule has 0 saturated carbocycles. The lowest BCUT2D eigenvalue weighted by Gasteiger charge is -2.11. The second kappa shape index (κ2) is 10.0. The second-order valence-electron chi connectivity index (χ2n) is 7.16. The highest BCUT2D eigenvalue weighted by Crippen LogP contribution is 2.19. The van der Waals surface area contributed by atoms with Crippen LogP contribution >= 0.6 is 0 Å². The average molecular weight is 352 g/mol. The maximum absolute atomic E-state index is 6.01. The molecule has 0 spiro atoms. The van der Waals surface area contributed by atoms with E-state index in [2.05, 4.69) is 86.5 Å². The highest BCUT2D eigenvalue weighted by atomic mass is 15.1. The molecule has 3 heteroatoms. The Labute approximate surface area is 158 Å². The van der Waals surface area contributed by atoms with Crippen LogP contribution in [0.25, 0.3) is 0 Å². The topological polar surface area (TPSA) is 50.4 Å². The lowest BCUT2D eigenvalue weighted by atomic mass is 9.98. The van der Waals surface area contributed by atoms with E-state index >= 15 is 0 Å². The molecule has 2 atom stereocenters. The van der Waals surface area contributed by atoms with Gasteiger partial charge in [-0.1, -0.05) is 76.2 Å². The van der Waals surface area contributed by atoms with Gasteiger partial charge in [-0.2, -0.15) is 0 Å². The van der Waals surface area contributed by atoms with Crippen LogP contribution in [0.4, 0.5) is 0 Å². The van der Waals surface area contributed by atoms with Crippen LogP contribution in [0.2, 0.25) is 0 Å². The largest absolute Gasteiger partial charge is 0.370 e. The minimum absolute atomic E-state index is 0.488. The third-order valence-electron chi connectivity index (χ3n) is 5.23. The van der Waals surface area contributed by atoms with E-state index in [1.807, 2.05) is 0 Å². The highest BCUT2D eigenvalue weighted by Gasteiger charge is 2.03. The minimum Gasteiger partial charge on any atom is -0.370 e. The van der Waals surface area contributed by atoms with Gasteiger partial charge in [-0.15, -0.1) is 0 Å². The van der Waals surface area contributed by atoms with E-state index in [1.165, 1.54) is 22.3 Å². The zero-order valence-corrected chi connectivity index (χ0v) is 16.6. The van der Waals surface area contributed by atoms with Crippen molar-refractivity contribution in [2.45, 2.75) is 65.5 Å². The zero-order chi connectivity index (χ0) is 18.9. The van der Waals surface area contributed by atoms with E-state index in [0.717, 1.165) is 12.8 Å². The molecule has 0 aliphatic heterocycles. The summed E-state index contributed by atoms with van der Waals surface area (Å²) in [5, 5.41) is 3.20. The van der Waals surface area contributed by atoms with Crippen LogP contribution in [0.1, 0.15) is 74.6 Å². The van der Waals surface area contributed by atoms with E-state index in [9.17, 15) is 0 Å². The summed E-state index contributed by atoms with van der Waals surface area (Å²) in [6.07, 6.45) is 2.32. The van der Waals surface area contributed by atoms with Crippen LogP contribution in [-0.2, 0) is 13.1 Å². The number of guanidine groups is 1. The van der Waals surface area contributed by atoms with Crippen molar-refractivity contribution in [2.24, 2.45) is 10.7 Å². The van der Waals surface area contributed by atoms with Crippen molar-refractivity contribution in [2.75, 3.05) is 0 Å². The number of rotatable bonds is 8. The first-order valence-corrected chi connectivity index (χ1v) is 9.74. The van der Waals surface area contributed by atoms with Crippen LogP contribution in [0.3, 0.4) is 0 Å². The molecule has 0 heterocycles. The third kappa shape index (κ3) is 5.91. The monoisotopic (exact) mass is 351 g/mol. The summed E-state index contributed by atoms with van der Waals surface area (Å²) in [7, 11) is 0. The first kappa shape index (κ1) is 20.0. The van der Waals surface area contributed by atoms with E-state index < -0.39 is 0 Å². The summed E-state index contributed by atoms with van der Waals surface area (Å²) in [5.74, 6) is 1.70. The molecule has 0 fully saturated rings. The summed E-state index contributed by atoms with van der Waals surface area (Å²) in [4.78, 5) is 4.45. The van der Waals surface area contributed by atoms with Gasteiger partial charge >= 0.3 is 0 Å². The Hall–Kier alpha value is -2.29. The molecule has 2 rings (SSSR count). The molecule has 0 amide bonds. The van der Waals surface area contributed by atoms with Crippen molar-refractivity contribution in [3.05, 3.63) is 70.8 Å². The van der Waals surface area contributed by atoms with E-state index in [4.69, 9.17) is 5.73 Å². The van der Waals surface area contributed by atoms with Crippen LogP contribution in [0.5, 0.6) is 0 Å².